The molecule has 1 atom stereocenters. The molecule has 1 saturated heterocycles. The Balaban J connectivity index is 2.00. The maximum absolute atomic E-state index is 13.3. The van der Waals surface area contributed by atoms with Gasteiger partial charge in [0, 0.05) is 24.7 Å². The summed E-state index contributed by atoms with van der Waals surface area (Å²) in [5.74, 6) is -1.36. The van der Waals surface area contributed by atoms with Gasteiger partial charge in [0.25, 0.3) is 5.91 Å². The number of nitrogens with zero attached hydrogens (tertiary/aromatic N) is 2. The lowest BCUT2D eigenvalue weighted by molar-refractivity contribution is -0.138. The minimum atomic E-state index is -0.846. The van der Waals surface area contributed by atoms with Crippen LogP contribution in [0.5, 0.6) is 0 Å². The van der Waals surface area contributed by atoms with E-state index in [4.69, 9.17) is 5.11 Å². The van der Waals surface area contributed by atoms with E-state index in [2.05, 4.69) is 15.9 Å². The minimum absolute atomic E-state index is 0.00349. The molecule has 7 heteroatoms. The molecule has 0 aliphatic carbocycles. The van der Waals surface area contributed by atoms with E-state index in [1.165, 1.54) is 18.2 Å². The Hall–Kier alpha value is -1.47. The minimum Gasteiger partial charge on any atom is -0.480 e. The first-order valence-electron chi connectivity index (χ1n) is 7.55. The molecular weight excluding hydrogens is 367 g/mol. The highest BCUT2D eigenvalue weighted by molar-refractivity contribution is 9.10. The highest BCUT2D eigenvalue weighted by Crippen LogP contribution is 2.21. The maximum Gasteiger partial charge on any atom is 0.317 e. The number of likely N-dealkylation sites (tertiary alicyclic amines) is 1. The van der Waals surface area contributed by atoms with Gasteiger partial charge in [-0.3, -0.25) is 14.5 Å². The summed E-state index contributed by atoms with van der Waals surface area (Å²) in [5, 5.41) is 8.88. The van der Waals surface area contributed by atoms with Gasteiger partial charge in [-0.2, -0.15) is 0 Å². The number of aliphatic carboxylic acids is 1. The first kappa shape index (κ1) is 17.9. The number of carbonyl (C=O) groups excluding carboxylic acids is 1. The maximum atomic E-state index is 13.3. The molecule has 1 aromatic rings. The van der Waals surface area contributed by atoms with E-state index in [0.29, 0.717) is 18.7 Å². The molecule has 1 aliphatic heterocycles. The van der Waals surface area contributed by atoms with Crippen LogP contribution in [0.25, 0.3) is 0 Å². The van der Waals surface area contributed by atoms with Crippen LogP contribution in [-0.2, 0) is 4.79 Å². The first-order chi connectivity index (χ1) is 10.9. The van der Waals surface area contributed by atoms with Crippen molar-refractivity contribution in [2.24, 2.45) is 0 Å². The third kappa shape index (κ3) is 4.75. The number of hydrogen-bond donors (Lipinski definition) is 1. The SMILES string of the molecule is CN(CC(=O)O)C1CCCN(C(=O)c2ccc(F)c(Br)c2)CC1. The quantitative estimate of drug-likeness (QED) is 0.863. The summed E-state index contributed by atoms with van der Waals surface area (Å²) in [6.07, 6.45) is 2.42. The summed E-state index contributed by atoms with van der Waals surface area (Å²) in [4.78, 5) is 26.9. The number of halogens is 2. The number of benzene rings is 1. The number of rotatable bonds is 4. The van der Waals surface area contributed by atoms with Gasteiger partial charge < -0.3 is 10.0 Å². The number of amides is 1. The molecule has 2 rings (SSSR count). The van der Waals surface area contributed by atoms with Crippen LogP contribution in [0.3, 0.4) is 0 Å². The molecule has 126 valence electrons. The van der Waals surface area contributed by atoms with Crippen molar-refractivity contribution in [3.8, 4) is 0 Å². The van der Waals surface area contributed by atoms with Gasteiger partial charge >= 0.3 is 5.97 Å². The van der Waals surface area contributed by atoms with E-state index in [0.717, 1.165) is 19.3 Å². The summed E-state index contributed by atoms with van der Waals surface area (Å²) in [7, 11) is 1.80. The number of hydrogen-bond acceptors (Lipinski definition) is 3. The van der Waals surface area contributed by atoms with E-state index in [9.17, 15) is 14.0 Å². The summed E-state index contributed by atoms with van der Waals surface area (Å²) >= 11 is 3.10. The summed E-state index contributed by atoms with van der Waals surface area (Å²) in [5.41, 5.74) is 0.454. The third-order valence-corrected chi connectivity index (χ3v) is 4.77. The van der Waals surface area contributed by atoms with Crippen molar-refractivity contribution in [3.05, 3.63) is 34.1 Å². The summed E-state index contributed by atoms with van der Waals surface area (Å²) in [6.45, 7) is 1.21. The smallest absolute Gasteiger partial charge is 0.317 e. The second-order valence-corrected chi connectivity index (χ2v) is 6.67. The van der Waals surface area contributed by atoms with Crippen LogP contribution in [0.15, 0.2) is 22.7 Å². The molecular formula is C16H20BrFN2O3. The molecule has 0 radical (unpaired) electrons. The molecule has 1 unspecified atom stereocenters. The highest BCUT2D eigenvalue weighted by atomic mass is 79.9. The zero-order valence-corrected chi connectivity index (χ0v) is 14.6. The van der Waals surface area contributed by atoms with Gasteiger partial charge in [-0.1, -0.05) is 0 Å². The largest absolute Gasteiger partial charge is 0.480 e. The number of carbonyl (C=O) groups is 2. The molecule has 1 amide bonds. The highest BCUT2D eigenvalue weighted by Gasteiger charge is 2.24. The summed E-state index contributed by atoms with van der Waals surface area (Å²) in [6, 6.07) is 4.42. The fraction of sp³-hybridized carbons (Fsp3) is 0.500. The molecule has 5 nitrogen and oxygen atoms in total. The number of likely N-dealkylation sites (N-methyl/N-ethyl adjacent to an activating group) is 1. The molecule has 0 bridgehead atoms. The predicted octanol–water partition coefficient (Wildman–Crippen LogP) is 2.60. The van der Waals surface area contributed by atoms with Crippen molar-refractivity contribution in [1.29, 1.82) is 0 Å². The zero-order valence-electron chi connectivity index (χ0n) is 13.0. The molecule has 1 fully saturated rings. The van der Waals surface area contributed by atoms with Gasteiger partial charge in [0.05, 0.1) is 11.0 Å². The fourth-order valence-electron chi connectivity index (χ4n) is 2.88. The summed E-state index contributed by atoms with van der Waals surface area (Å²) < 4.78 is 13.6. The Morgan fingerprint density at radius 1 is 1.39 bits per heavy atom. The topological polar surface area (TPSA) is 60.9 Å². The average Bonchev–Trinajstić information content (AvgIpc) is 2.74. The molecule has 0 spiro atoms. The van der Waals surface area contributed by atoms with E-state index >= 15 is 0 Å². The Morgan fingerprint density at radius 3 is 2.78 bits per heavy atom. The van der Waals surface area contributed by atoms with Crippen molar-refractivity contribution in [2.75, 3.05) is 26.7 Å². The van der Waals surface area contributed by atoms with Crippen LogP contribution in [0.1, 0.15) is 29.6 Å². The van der Waals surface area contributed by atoms with E-state index < -0.39 is 11.8 Å². The Bertz CT molecular complexity index is 597. The fourth-order valence-corrected chi connectivity index (χ4v) is 3.26. The Morgan fingerprint density at radius 2 is 2.13 bits per heavy atom. The van der Waals surface area contributed by atoms with Crippen molar-refractivity contribution in [1.82, 2.24) is 9.80 Å². The van der Waals surface area contributed by atoms with Crippen LogP contribution in [0, 0.1) is 5.82 Å². The van der Waals surface area contributed by atoms with Crippen LogP contribution in [-0.4, -0.2) is 59.5 Å². The van der Waals surface area contributed by atoms with Crippen molar-refractivity contribution < 1.29 is 19.1 Å². The second kappa shape index (κ2) is 7.88. The van der Waals surface area contributed by atoms with Crippen LogP contribution >= 0.6 is 15.9 Å². The standard InChI is InChI=1S/C16H20BrFN2O3/c1-19(10-15(21)22)12-3-2-7-20(8-6-12)16(23)11-4-5-14(18)13(17)9-11/h4-5,9,12H,2-3,6-8,10H2,1H3,(H,21,22). The lowest BCUT2D eigenvalue weighted by atomic mass is 10.1. The van der Waals surface area contributed by atoms with Crippen LogP contribution in [0.2, 0.25) is 0 Å². The van der Waals surface area contributed by atoms with Crippen molar-refractivity contribution in [2.45, 2.75) is 25.3 Å². The lowest BCUT2D eigenvalue weighted by Crippen LogP contribution is -2.37. The molecule has 1 heterocycles. The average molecular weight is 387 g/mol. The van der Waals surface area contributed by atoms with Gasteiger partial charge in [0.1, 0.15) is 5.82 Å². The zero-order chi connectivity index (χ0) is 17.0. The predicted molar refractivity (Wildman–Crippen MR) is 87.9 cm³/mol. The van der Waals surface area contributed by atoms with Gasteiger partial charge in [0.2, 0.25) is 0 Å². The van der Waals surface area contributed by atoms with Gasteiger partial charge in [-0.05, 0) is 60.4 Å². The monoisotopic (exact) mass is 386 g/mol. The van der Waals surface area contributed by atoms with E-state index in [1.807, 2.05) is 4.90 Å². The van der Waals surface area contributed by atoms with E-state index in [1.54, 1.807) is 11.9 Å². The Labute approximate surface area is 143 Å². The van der Waals surface area contributed by atoms with E-state index in [-0.39, 0.29) is 23.0 Å². The van der Waals surface area contributed by atoms with Crippen LogP contribution < -0.4 is 0 Å². The van der Waals surface area contributed by atoms with Crippen molar-refractivity contribution in [3.63, 3.8) is 0 Å². The van der Waals surface area contributed by atoms with Crippen molar-refractivity contribution >= 4 is 27.8 Å². The molecule has 1 aromatic carbocycles. The normalized spacial score (nSPS) is 18.8. The van der Waals surface area contributed by atoms with Gasteiger partial charge in [0.15, 0.2) is 0 Å². The number of carboxylic acids is 1. The first-order valence-corrected chi connectivity index (χ1v) is 8.34. The van der Waals surface area contributed by atoms with Gasteiger partial charge in [-0.15, -0.1) is 0 Å². The lowest BCUT2D eigenvalue weighted by Gasteiger charge is -2.25. The molecule has 0 saturated carbocycles. The molecule has 0 aromatic heterocycles. The third-order valence-electron chi connectivity index (χ3n) is 4.16. The Kier molecular flexibility index (Phi) is 6.12. The van der Waals surface area contributed by atoms with Crippen LogP contribution in [0.4, 0.5) is 4.39 Å². The molecule has 23 heavy (non-hydrogen) atoms. The number of carboxylic acid groups (broad SMARTS) is 1. The second-order valence-electron chi connectivity index (χ2n) is 5.81. The molecule has 1 aliphatic rings. The molecule has 1 N–H and O–H groups in total. The van der Waals surface area contributed by atoms with Gasteiger partial charge in [-0.25, -0.2) is 4.39 Å².